The lowest BCUT2D eigenvalue weighted by atomic mass is 10.2. The molecular formula is C14H26N2O3Si. The molecule has 0 aromatic heterocycles. The van der Waals surface area contributed by atoms with Gasteiger partial charge in [0.2, 0.25) is 11.8 Å². The lowest BCUT2D eigenvalue weighted by molar-refractivity contribution is -0.122. The molecule has 0 aromatic rings. The van der Waals surface area contributed by atoms with Crippen LogP contribution in [0.15, 0.2) is 10.8 Å². The van der Waals surface area contributed by atoms with Gasteiger partial charge in [-0.15, -0.1) is 0 Å². The Bertz CT molecular complexity index is 413. The average molecular weight is 298 g/mol. The monoisotopic (exact) mass is 298 g/mol. The smallest absolute Gasteiger partial charge is 0.220 e. The first-order valence-electron chi connectivity index (χ1n) is 7.15. The van der Waals surface area contributed by atoms with E-state index in [0.29, 0.717) is 19.3 Å². The van der Waals surface area contributed by atoms with Crippen molar-refractivity contribution in [3.63, 3.8) is 0 Å². The molecule has 1 aliphatic carbocycles. The molecule has 1 rings (SSSR count). The Hall–Kier alpha value is -1.14. The zero-order chi connectivity index (χ0) is 15.3. The number of nitrogens with one attached hydrogen (secondary N) is 2. The highest BCUT2D eigenvalue weighted by Gasteiger charge is 2.41. The molecule has 1 atom stereocenters. The highest BCUT2D eigenvalue weighted by atomic mass is 28.3. The van der Waals surface area contributed by atoms with E-state index in [0.717, 1.165) is 0 Å². The van der Waals surface area contributed by atoms with Crippen molar-refractivity contribution in [3.05, 3.63) is 10.8 Å². The van der Waals surface area contributed by atoms with Crippen LogP contribution in [0, 0.1) is 0 Å². The molecular weight excluding hydrogens is 272 g/mol. The van der Waals surface area contributed by atoms with Gasteiger partial charge in [-0.2, -0.15) is 0 Å². The normalized spacial score (nSPS) is 17.9. The molecule has 5 nitrogen and oxygen atoms in total. The number of amides is 2. The van der Waals surface area contributed by atoms with Crippen LogP contribution < -0.4 is 10.6 Å². The minimum atomic E-state index is -1.30. The van der Waals surface area contributed by atoms with Gasteiger partial charge in [0.15, 0.2) is 0 Å². The zero-order valence-corrected chi connectivity index (χ0v) is 13.9. The fourth-order valence-corrected chi connectivity index (χ4v) is 4.87. The van der Waals surface area contributed by atoms with Crippen LogP contribution in [0.3, 0.4) is 0 Å². The van der Waals surface area contributed by atoms with Gasteiger partial charge in [-0.25, -0.2) is 0 Å². The van der Waals surface area contributed by atoms with Crippen molar-refractivity contribution in [1.29, 1.82) is 0 Å². The molecule has 1 unspecified atom stereocenters. The molecule has 0 fully saturated rings. The first-order valence-corrected chi connectivity index (χ1v) is 10.7. The maximum Gasteiger partial charge on any atom is 0.220 e. The third kappa shape index (κ3) is 5.09. The third-order valence-electron chi connectivity index (χ3n) is 3.42. The molecule has 0 aliphatic heterocycles. The van der Waals surface area contributed by atoms with Gasteiger partial charge in [0, 0.05) is 19.4 Å². The second-order valence-corrected chi connectivity index (χ2v) is 11.3. The van der Waals surface area contributed by atoms with E-state index in [1.54, 1.807) is 0 Å². The van der Waals surface area contributed by atoms with E-state index >= 15 is 0 Å². The second kappa shape index (κ2) is 7.03. The molecule has 20 heavy (non-hydrogen) atoms. The molecule has 0 radical (unpaired) electrons. The first kappa shape index (κ1) is 16.9. The molecule has 0 bridgehead atoms. The van der Waals surface area contributed by atoms with E-state index in [-0.39, 0.29) is 31.0 Å². The summed E-state index contributed by atoms with van der Waals surface area (Å²) in [5.41, 5.74) is 1.32. The Kier molecular flexibility index (Phi) is 5.95. The van der Waals surface area contributed by atoms with E-state index < -0.39 is 8.07 Å². The summed E-state index contributed by atoms with van der Waals surface area (Å²) >= 11 is 0. The van der Waals surface area contributed by atoms with Crippen molar-refractivity contribution in [3.8, 4) is 0 Å². The SMILES string of the molecule is CC1=C([Si](C)(C)C)C1NC(=O)CCCC(=O)NCCO. The van der Waals surface area contributed by atoms with Gasteiger partial charge in [-0.3, -0.25) is 9.59 Å². The predicted octanol–water partition coefficient (Wildman–Crippen LogP) is 0.957. The lowest BCUT2D eigenvalue weighted by Gasteiger charge is -2.14. The summed E-state index contributed by atoms with van der Waals surface area (Å²) in [6.45, 7) is 9.14. The fraction of sp³-hybridized carbons (Fsp3) is 0.714. The van der Waals surface area contributed by atoms with Gasteiger partial charge in [0.05, 0.1) is 20.7 Å². The van der Waals surface area contributed by atoms with Gasteiger partial charge < -0.3 is 15.7 Å². The molecule has 0 saturated carbocycles. The van der Waals surface area contributed by atoms with Crippen molar-refractivity contribution in [2.45, 2.75) is 51.9 Å². The molecule has 2 amide bonds. The van der Waals surface area contributed by atoms with Crippen LogP contribution in [0.5, 0.6) is 0 Å². The minimum Gasteiger partial charge on any atom is -0.395 e. The largest absolute Gasteiger partial charge is 0.395 e. The van der Waals surface area contributed by atoms with Crippen LogP contribution in [-0.2, 0) is 9.59 Å². The molecule has 6 heteroatoms. The minimum absolute atomic E-state index is 0.0116. The molecule has 0 saturated heterocycles. The van der Waals surface area contributed by atoms with Crippen LogP contribution in [-0.4, -0.2) is 44.2 Å². The highest BCUT2D eigenvalue weighted by Crippen LogP contribution is 2.38. The number of hydrogen-bond acceptors (Lipinski definition) is 3. The van der Waals surface area contributed by atoms with Crippen molar-refractivity contribution >= 4 is 19.9 Å². The Morgan fingerprint density at radius 2 is 1.80 bits per heavy atom. The number of hydrogen-bond donors (Lipinski definition) is 3. The van der Waals surface area contributed by atoms with E-state index in [4.69, 9.17) is 5.11 Å². The van der Waals surface area contributed by atoms with Crippen LogP contribution in [0.1, 0.15) is 26.2 Å². The standard InChI is InChI=1S/C14H26N2O3Si/c1-10-13(14(10)20(2,3)4)16-12(19)7-5-6-11(18)15-8-9-17/h13,17H,5-9H2,1-4H3,(H,15,18)(H,16,19). The van der Waals surface area contributed by atoms with Crippen molar-refractivity contribution < 1.29 is 14.7 Å². The lowest BCUT2D eigenvalue weighted by Crippen LogP contribution is -2.33. The molecule has 3 N–H and O–H groups in total. The average Bonchev–Trinajstić information content (AvgIpc) is 2.96. The number of aliphatic hydroxyl groups excluding tert-OH is 1. The van der Waals surface area contributed by atoms with Crippen LogP contribution in [0.25, 0.3) is 0 Å². The van der Waals surface area contributed by atoms with Gasteiger partial charge >= 0.3 is 0 Å². The van der Waals surface area contributed by atoms with Crippen molar-refractivity contribution in [2.75, 3.05) is 13.2 Å². The maximum atomic E-state index is 11.8. The van der Waals surface area contributed by atoms with Crippen molar-refractivity contribution in [2.24, 2.45) is 0 Å². The Morgan fingerprint density at radius 1 is 1.20 bits per heavy atom. The van der Waals surface area contributed by atoms with Crippen molar-refractivity contribution in [1.82, 2.24) is 10.6 Å². The number of aliphatic hydroxyl groups is 1. The molecule has 0 spiro atoms. The highest BCUT2D eigenvalue weighted by molar-refractivity contribution is 6.84. The van der Waals surface area contributed by atoms with Crippen LogP contribution in [0.2, 0.25) is 19.6 Å². The van der Waals surface area contributed by atoms with Gasteiger partial charge in [-0.1, -0.05) is 24.8 Å². The molecule has 0 heterocycles. The summed E-state index contributed by atoms with van der Waals surface area (Å²) in [5.74, 6) is -0.104. The maximum absolute atomic E-state index is 11.8. The van der Waals surface area contributed by atoms with E-state index in [9.17, 15) is 9.59 Å². The molecule has 1 aliphatic rings. The quantitative estimate of drug-likeness (QED) is 0.584. The summed E-state index contributed by atoms with van der Waals surface area (Å²) in [7, 11) is -1.30. The predicted molar refractivity (Wildman–Crippen MR) is 81.9 cm³/mol. The van der Waals surface area contributed by atoms with E-state index in [1.165, 1.54) is 10.8 Å². The van der Waals surface area contributed by atoms with Gasteiger partial charge in [-0.05, 0) is 18.9 Å². The summed E-state index contributed by atoms with van der Waals surface area (Å²) < 4.78 is 0. The molecule has 114 valence electrons. The van der Waals surface area contributed by atoms with Gasteiger partial charge in [0.1, 0.15) is 0 Å². The first-order chi connectivity index (χ1) is 9.27. The van der Waals surface area contributed by atoms with E-state index in [2.05, 4.69) is 37.2 Å². The number of carbonyl (C=O) groups is 2. The summed E-state index contributed by atoms with van der Waals surface area (Å²) in [6, 6.07) is 0.178. The van der Waals surface area contributed by atoms with Crippen LogP contribution >= 0.6 is 0 Å². The van der Waals surface area contributed by atoms with Gasteiger partial charge in [0.25, 0.3) is 0 Å². The molecule has 0 aromatic carbocycles. The number of carbonyl (C=O) groups excluding carboxylic acids is 2. The second-order valence-electron chi connectivity index (χ2n) is 6.27. The Morgan fingerprint density at radius 3 is 2.30 bits per heavy atom. The topological polar surface area (TPSA) is 78.4 Å². The fourth-order valence-electron chi connectivity index (χ4n) is 2.46. The zero-order valence-electron chi connectivity index (χ0n) is 12.9. The number of rotatable bonds is 8. The van der Waals surface area contributed by atoms with E-state index in [1.807, 2.05) is 0 Å². The van der Waals surface area contributed by atoms with Crippen LogP contribution in [0.4, 0.5) is 0 Å². The Balaban J connectivity index is 2.19. The third-order valence-corrected chi connectivity index (χ3v) is 5.72. The Labute approximate surface area is 121 Å². The summed E-state index contributed by atoms with van der Waals surface area (Å²) in [6.07, 6.45) is 1.23. The summed E-state index contributed by atoms with van der Waals surface area (Å²) in [5, 5.41) is 15.6. The summed E-state index contributed by atoms with van der Waals surface area (Å²) in [4.78, 5) is 23.1.